The summed E-state index contributed by atoms with van der Waals surface area (Å²) < 4.78 is 0. The first-order chi connectivity index (χ1) is 12.7. The number of halogens is 1. The number of H-pyrrole nitrogens is 1. The van der Waals surface area contributed by atoms with Crippen molar-refractivity contribution in [1.82, 2.24) is 30.2 Å². The van der Waals surface area contributed by atoms with Gasteiger partial charge in [-0.3, -0.25) is 9.78 Å². The molecular weight excluding hydrogens is 354 g/mol. The summed E-state index contributed by atoms with van der Waals surface area (Å²) in [4.78, 5) is 34.6. The minimum atomic E-state index is -0.112. The van der Waals surface area contributed by atoms with Crippen molar-refractivity contribution in [3.05, 3.63) is 41.7 Å². The van der Waals surface area contributed by atoms with Crippen LogP contribution in [0.3, 0.4) is 0 Å². The Morgan fingerprint density at radius 3 is 3.12 bits per heavy atom. The molecule has 0 aromatic carbocycles. The van der Waals surface area contributed by atoms with Crippen molar-refractivity contribution < 1.29 is 4.79 Å². The number of rotatable bonds is 4. The summed E-state index contributed by atoms with van der Waals surface area (Å²) in [6.07, 6.45) is 5.03. The highest BCUT2D eigenvalue weighted by atomic mass is 35.5. The van der Waals surface area contributed by atoms with Gasteiger partial charge in [0.1, 0.15) is 5.52 Å². The van der Waals surface area contributed by atoms with E-state index in [-0.39, 0.29) is 17.1 Å². The lowest BCUT2D eigenvalue weighted by molar-refractivity contribution is -0.125. The first-order valence-corrected chi connectivity index (χ1v) is 8.87. The molecule has 2 N–H and O–H groups in total. The zero-order chi connectivity index (χ0) is 17.9. The van der Waals surface area contributed by atoms with Crippen molar-refractivity contribution in [2.24, 2.45) is 5.92 Å². The topological polar surface area (TPSA) is 99.7 Å². The van der Waals surface area contributed by atoms with E-state index >= 15 is 0 Å². The summed E-state index contributed by atoms with van der Waals surface area (Å²) in [5.41, 5.74) is 2.11. The monoisotopic (exact) mass is 371 g/mol. The molecule has 4 rings (SSSR count). The van der Waals surface area contributed by atoms with Crippen LogP contribution in [0.15, 0.2) is 30.7 Å². The summed E-state index contributed by atoms with van der Waals surface area (Å²) in [6, 6.07) is 5.66. The highest BCUT2D eigenvalue weighted by molar-refractivity contribution is 6.28. The summed E-state index contributed by atoms with van der Waals surface area (Å²) in [6.45, 7) is 1.82. The van der Waals surface area contributed by atoms with Crippen LogP contribution in [0.2, 0.25) is 5.28 Å². The van der Waals surface area contributed by atoms with Crippen LogP contribution in [-0.2, 0) is 11.3 Å². The molecule has 0 bridgehead atoms. The molecule has 1 aliphatic rings. The standard InChI is InChI=1S/C17H18ClN7O/c18-17-23-14-13(21-10-22-14)15(24-17)25-7-3-4-11(9-25)16(26)20-8-12-5-1-2-6-19-12/h1-2,5-6,10-11H,3-4,7-9H2,(H,20,26)(H,21,22,23,24)/t11-/m0/s1. The zero-order valence-electron chi connectivity index (χ0n) is 14.0. The Kier molecular flexibility index (Phi) is 4.66. The number of pyridine rings is 1. The molecule has 134 valence electrons. The van der Waals surface area contributed by atoms with Crippen molar-refractivity contribution in [2.45, 2.75) is 19.4 Å². The van der Waals surface area contributed by atoms with Crippen LogP contribution >= 0.6 is 11.6 Å². The van der Waals surface area contributed by atoms with Gasteiger partial charge in [0.15, 0.2) is 11.5 Å². The van der Waals surface area contributed by atoms with Gasteiger partial charge in [-0.25, -0.2) is 4.98 Å². The number of nitrogens with one attached hydrogen (secondary N) is 2. The van der Waals surface area contributed by atoms with Gasteiger partial charge in [-0.2, -0.15) is 9.97 Å². The van der Waals surface area contributed by atoms with Gasteiger partial charge in [-0.05, 0) is 36.6 Å². The van der Waals surface area contributed by atoms with Crippen molar-refractivity contribution in [1.29, 1.82) is 0 Å². The Bertz CT molecular complexity index is 914. The predicted octanol–water partition coefficient (Wildman–Crippen LogP) is 1.93. The summed E-state index contributed by atoms with van der Waals surface area (Å²) in [5, 5.41) is 3.13. The number of carbonyl (C=O) groups is 1. The molecule has 1 saturated heterocycles. The number of amides is 1. The first-order valence-electron chi connectivity index (χ1n) is 8.50. The van der Waals surface area contributed by atoms with E-state index in [1.165, 1.54) is 0 Å². The molecule has 4 heterocycles. The van der Waals surface area contributed by atoms with Gasteiger partial charge in [-0.15, -0.1) is 0 Å². The molecule has 1 aliphatic heterocycles. The Balaban J connectivity index is 1.47. The molecule has 0 spiro atoms. The number of carbonyl (C=O) groups excluding carboxylic acids is 1. The molecule has 3 aromatic rings. The largest absolute Gasteiger partial charge is 0.354 e. The molecule has 1 fully saturated rings. The van der Waals surface area contributed by atoms with E-state index in [0.29, 0.717) is 24.6 Å². The van der Waals surface area contributed by atoms with E-state index in [4.69, 9.17) is 11.6 Å². The number of anilines is 1. The van der Waals surface area contributed by atoms with Crippen molar-refractivity contribution in [3.8, 4) is 0 Å². The Labute approximate surface area is 155 Å². The number of nitrogens with zero attached hydrogens (tertiary/aromatic N) is 5. The maximum absolute atomic E-state index is 12.6. The molecule has 0 aliphatic carbocycles. The molecular formula is C17H18ClN7O. The van der Waals surface area contributed by atoms with E-state index < -0.39 is 0 Å². The van der Waals surface area contributed by atoms with Crippen molar-refractivity contribution in [2.75, 3.05) is 18.0 Å². The third-order valence-electron chi connectivity index (χ3n) is 4.50. The third kappa shape index (κ3) is 3.45. The predicted molar refractivity (Wildman–Crippen MR) is 97.7 cm³/mol. The normalized spacial score (nSPS) is 17.4. The summed E-state index contributed by atoms with van der Waals surface area (Å²) >= 11 is 6.03. The fraction of sp³-hybridized carbons (Fsp3) is 0.353. The van der Waals surface area contributed by atoms with E-state index in [0.717, 1.165) is 30.6 Å². The number of hydrogen-bond donors (Lipinski definition) is 2. The summed E-state index contributed by atoms with van der Waals surface area (Å²) in [7, 11) is 0. The fourth-order valence-electron chi connectivity index (χ4n) is 3.23. The minimum Gasteiger partial charge on any atom is -0.354 e. The number of aromatic amines is 1. The van der Waals surface area contributed by atoms with E-state index in [2.05, 4.69) is 35.1 Å². The van der Waals surface area contributed by atoms with Crippen LogP contribution in [-0.4, -0.2) is 43.9 Å². The van der Waals surface area contributed by atoms with Crippen LogP contribution in [0.25, 0.3) is 11.2 Å². The first kappa shape index (κ1) is 16.7. The molecule has 8 nitrogen and oxygen atoms in total. The highest BCUT2D eigenvalue weighted by Gasteiger charge is 2.28. The molecule has 9 heteroatoms. The van der Waals surface area contributed by atoms with E-state index in [9.17, 15) is 4.79 Å². The Morgan fingerprint density at radius 2 is 2.27 bits per heavy atom. The van der Waals surface area contributed by atoms with Gasteiger partial charge in [-0.1, -0.05) is 6.07 Å². The molecule has 26 heavy (non-hydrogen) atoms. The minimum absolute atomic E-state index is 0.0290. The molecule has 3 aromatic heterocycles. The lowest BCUT2D eigenvalue weighted by Gasteiger charge is -2.33. The molecule has 0 radical (unpaired) electrons. The van der Waals surface area contributed by atoms with Gasteiger partial charge in [0.25, 0.3) is 0 Å². The van der Waals surface area contributed by atoms with Gasteiger partial charge < -0.3 is 15.2 Å². The van der Waals surface area contributed by atoms with Gasteiger partial charge in [0, 0.05) is 19.3 Å². The fourth-order valence-corrected chi connectivity index (χ4v) is 3.39. The maximum Gasteiger partial charge on any atom is 0.226 e. The average Bonchev–Trinajstić information content (AvgIpc) is 3.14. The maximum atomic E-state index is 12.6. The summed E-state index contributed by atoms with van der Waals surface area (Å²) in [5.74, 6) is 0.611. The Morgan fingerprint density at radius 1 is 1.35 bits per heavy atom. The molecule has 1 atom stereocenters. The number of aromatic nitrogens is 5. The molecule has 0 unspecified atom stereocenters. The van der Waals surface area contributed by atoms with Crippen LogP contribution < -0.4 is 10.2 Å². The van der Waals surface area contributed by atoms with Crippen LogP contribution in [0.4, 0.5) is 5.82 Å². The van der Waals surface area contributed by atoms with Crippen LogP contribution in [0.1, 0.15) is 18.5 Å². The van der Waals surface area contributed by atoms with Gasteiger partial charge >= 0.3 is 0 Å². The SMILES string of the molecule is O=C(NCc1ccccn1)[C@H]1CCCN(c2nc(Cl)nc3nc[nH]c23)C1. The average molecular weight is 372 g/mol. The van der Waals surface area contributed by atoms with E-state index in [1.807, 2.05) is 18.2 Å². The second kappa shape index (κ2) is 7.25. The number of piperidine rings is 1. The number of imidazole rings is 1. The second-order valence-electron chi connectivity index (χ2n) is 6.24. The zero-order valence-corrected chi connectivity index (χ0v) is 14.8. The lowest BCUT2D eigenvalue weighted by atomic mass is 9.97. The molecule has 1 amide bonds. The van der Waals surface area contributed by atoms with Crippen molar-refractivity contribution in [3.63, 3.8) is 0 Å². The number of fused-ring (bicyclic) bond motifs is 1. The van der Waals surface area contributed by atoms with Gasteiger partial charge in [0.2, 0.25) is 11.2 Å². The van der Waals surface area contributed by atoms with Crippen molar-refractivity contribution >= 4 is 34.5 Å². The smallest absolute Gasteiger partial charge is 0.226 e. The Hall–Kier alpha value is -2.74. The lowest BCUT2D eigenvalue weighted by Crippen LogP contribution is -2.43. The van der Waals surface area contributed by atoms with Crippen LogP contribution in [0, 0.1) is 5.92 Å². The van der Waals surface area contributed by atoms with E-state index in [1.54, 1.807) is 12.5 Å². The highest BCUT2D eigenvalue weighted by Crippen LogP contribution is 2.27. The van der Waals surface area contributed by atoms with Crippen LogP contribution in [0.5, 0.6) is 0 Å². The quantitative estimate of drug-likeness (QED) is 0.680. The third-order valence-corrected chi connectivity index (χ3v) is 4.67. The molecule has 0 saturated carbocycles. The second-order valence-corrected chi connectivity index (χ2v) is 6.58. The van der Waals surface area contributed by atoms with Gasteiger partial charge in [0.05, 0.1) is 24.5 Å². The number of hydrogen-bond acceptors (Lipinski definition) is 6.